The summed E-state index contributed by atoms with van der Waals surface area (Å²) < 4.78 is 5.29. The maximum Gasteiger partial charge on any atom is 0.373 e. The summed E-state index contributed by atoms with van der Waals surface area (Å²) in [6, 6.07) is 5.89. The van der Waals surface area contributed by atoms with Gasteiger partial charge in [0.15, 0.2) is 0 Å². The van der Waals surface area contributed by atoms with Crippen LogP contribution in [0.2, 0.25) is 0 Å². The highest BCUT2D eigenvalue weighted by Gasteiger charge is 2.18. The van der Waals surface area contributed by atoms with Gasteiger partial charge in [0, 0.05) is 5.56 Å². The zero-order valence-corrected chi connectivity index (χ0v) is 9.94. The molecule has 4 heteroatoms. The number of oxazole rings is 1. The molecule has 0 radical (unpaired) electrons. The van der Waals surface area contributed by atoms with Crippen molar-refractivity contribution in [3.8, 4) is 11.5 Å². The summed E-state index contributed by atoms with van der Waals surface area (Å²) in [6.45, 7) is 5.53. The Labute approximate surface area is 98.9 Å². The minimum atomic E-state index is -1.09. The molecule has 0 aliphatic rings. The third kappa shape index (κ3) is 2.06. The highest BCUT2D eigenvalue weighted by molar-refractivity contribution is 5.86. The Hall–Kier alpha value is -2.10. The number of aromatic carboxylic acids is 1. The van der Waals surface area contributed by atoms with Crippen molar-refractivity contribution in [3.63, 3.8) is 0 Å². The topological polar surface area (TPSA) is 63.3 Å². The monoisotopic (exact) mass is 231 g/mol. The largest absolute Gasteiger partial charge is 0.475 e. The van der Waals surface area contributed by atoms with Crippen LogP contribution in [0.15, 0.2) is 22.6 Å². The van der Waals surface area contributed by atoms with Gasteiger partial charge in [-0.2, -0.15) is 0 Å². The molecule has 0 unspecified atom stereocenters. The predicted octanol–water partition coefficient (Wildman–Crippen LogP) is 2.97. The lowest BCUT2D eigenvalue weighted by atomic mass is 10.1. The molecule has 0 atom stereocenters. The van der Waals surface area contributed by atoms with E-state index < -0.39 is 5.97 Å². The van der Waals surface area contributed by atoms with Crippen molar-refractivity contribution in [2.24, 2.45) is 0 Å². The number of rotatable bonds is 2. The van der Waals surface area contributed by atoms with Crippen molar-refractivity contribution in [1.29, 1.82) is 0 Å². The molecular formula is C13H13NO3. The predicted molar refractivity (Wildman–Crippen MR) is 63.1 cm³/mol. The number of hydrogen-bond donors (Lipinski definition) is 1. The summed E-state index contributed by atoms with van der Waals surface area (Å²) in [6.07, 6.45) is 0. The molecule has 0 saturated carbocycles. The van der Waals surface area contributed by atoms with Crippen LogP contribution in [-0.4, -0.2) is 16.1 Å². The number of aromatic nitrogens is 1. The molecule has 0 fully saturated rings. The second-order valence-electron chi connectivity index (χ2n) is 4.06. The second kappa shape index (κ2) is 4.05. The lowest BCUT2D eigenvalue weighted by molar-refractivity contribution is 0.0662. The molecule has 0 bridgehead atoms. The van der Waals surface area contributed by atoms with E-state index in [0.717, 1.165) is 16.7 Å². The first kappa shape index (κ1) is 11.4. The van der Waals surface area contributed by atoms with Gasteiger partial charge in [-0.3, -0.25) is 0 Å². The molecule has 0 aliphatic carbocycles. The molecule has 2 rings (SSSR count). The fraction of sp³-hybridized carbons (Fsp3) is 0.231. The maximum absolute atomic E-state index is 10.9. The molecular weight excluding hydrogens is 218 g/mol. The van der Waals surface area contributed by atoms with Crippen molar-refractivity contribution in [2.75, 3.05) is 0 Å². The van der Waals surface area contributed by atoms with E-state index in [-0.39, 0.29) is 5.76 Å². The Morgan fingerprint density at radius 2 is 2.00 bits per heavy atom. The Balaban J connectivity index is 2.57. The molecule has 4 nitrogen and oxygen atoms in total. The third-order valence-electron chi connectivity index (χ3n) is 2.61. The minimum absolute atomic E-state index is 0.0964. The van der Waals surface area contributed by atoms with Gasteiger partial charge < -0.3 is 9.52 Å². The van der Waals surface area contributed by atoms with Crippen LogP contribution >= 0.6 is 0 Å². The first-order valence-electron chi connectivity index (χ1n) is 5.27. The van der Waals surface area contributed by atoms with E-state index >= 15 is 0 Å². The van der Waals surface area contributed by atoms with E-state index in [4.69, 9.17) is 9.52 Å². The fourth-order valence-corrected chi connectivity index (χ4v) is 1.68. The standard InChI is InChI=1S/C13H13NO3/c1-7-4-5-8(2)10(6-7)12-14-9(3)11(17-12)13(15)16/h4-6H,1-3H3,(H,15,16). The number of aryl methyl sites for hydroxylation is 3. The number of nitrogens with zero attached hydrogens (tertiary/aromatic N) is 1. The van der Waals surface area contributed by atoms with Crippen LogP contribution in [0, 0.1) is 20.8 Å². The van der Waals surface area contributed by atoms with Gasteiger partial charge in [-0.25, -0.2) is 9.78 Å². The van der Waals surface area contributed by atoms with E-state index in [2.05, 4.69) is 4.98 Å². The summed E-state index contributed by atoms with van der Waals surface area (Å²) in [5.41, 5.74) is 3.32. The van der Waals surface area contributed by atoms with Gasteiger partial charge in [-0.15, -0.1) is 0 Å². The van der Waals surface area contributed by atoms with E-state index in [0.29, 0.717) is 11.6 Å². The van der Waals surface area contributed by atoms with E-state index in [1.807, 2.05) is 32.0 Å². The van der Waals surface area contributed by atoms with E-state index in [1.54, 1.807) is 6.92 Å². The van der Waals surface area contributed by atoms with Gasteiger partial charge in [-0.05, 0) is 32.4 Å². The molecule has 0 amide bonds. The van der Waals surface area contributed by atoms with Crippen LogP contribution in [0.3, 0.4) is 0 Å². The molecule has 1 aromatic carbocycles. The summed E-state index contributed by atoms with van der Waals surface area (Å²) in [4.78, 5) is 15.0. The van der Waals surface area contributed by atoms with Gasteiger partial charge in [-0.1, -0.05) is 17.7 Å². The van der Waals surface area contributed by atoms with Crippen LogP contribution in [0.5, 0.6) is 0 Å². The molecule has 1 heterocycles. The Bertz CT molecular complexity index is 584. The van der Waals surface area contributed by atoms with E-state index in [1.165, 1.54) is 0 Å². The van der Waals surface area contributed by atoms with Crippen LogP contribution < -0.4 is 0 Å². The molecule has 0 spiro atoms. The van der Waals surface area contributed by atoms with Crippen molar-refractivity contribution in [2.45, 2.75) is 20.8 Å². The van der Waals surface area contributed by atoms with Gasteiger partial charge in [0.2, 0.25) is 11.7 Å². The molecule has 0 aliphatic heterocycles. The lowest BCUT2D eigenvalue weighted by Gasteiger charge is -2.02. The molecule has 0 saturated heterocycles. The Morgan fingerprint density at radius 3 is 2.59 bits per heavy atom. The summed E-state index contributed by atoms with van der Waals surface area (Å²) in [7, 11) is 0. The molecule has 2 aromatic rings. The van der Waals surface area contributed by atoms with Gasteiger partial charge in [0.25, 0.3) is 0 Å². The number of benzene rings is 1. The van der Waals surface area contributed by atoms with Crippen LogP contribution in [0.4, 0.5) is 0 Å². The van der Waals surface area contributed by atoms with Gasteiger partial charge >= 0.3 is 5.97 Å². The van der Waals surface area contributed by atoms with Crippen LogP contribution in [0.25, 0.3) is 11.5 Å². The average Bonchev–Trinajstić information content (AvgIpc) is 2.64. The number of carbonyl (C=O) groups is 1. The lowest BCUT2D eigenvalue weighted by Crippen LogP contribution is -1.95. The molecule has 1 aromatic heterocycles. The van der Waals surface area contributed by atoms with Crippen LogP contribution in [-0.2, 0) is 0 Å². The van der Waals surface area contributed by atoms with E-state index in [9.17, 15) is 4.79 Å². The Morgan fingerprint density at radius 1 is 1.29 bits per heavy atom. The SMILES string of the molecule is Cc1ccc(C)c(-c2nc(C)c(C(=O)O)o2)c1. The van der Waals surface area contributed by atoms with Crippen molar-refractivity contribution in [1.82, 2.24) is 4.98 Å². The second-order valence-corrected chi connectivity index (χ2v) is 4.06. The molecule has 17 heavy (non-hydrogen) atoms. The first-order chi connectivity index (χ1) is 7.99. The fourth-order valence-electron chi connectivity index (χ4n) is 1.68. The summed E-state index contributed by atoms with van der Waals surface area (Å²) >= 11 is 0. The first-order valence-corrected chi connectivity index (χ1v) is 5.27. The smallest absolute Gasteiger partial charge is 0.373 e. The normalized spacial score (nSPS) is 10.5. The highest BCUT2D eigenvalue weighted by Crippen LogP contribution is 2.25. The van der Waals surface area contributed by atoms with Crippen molar-refractivity contribution in [3.05, 3.63) is 40.8 Å². The third-order valence-corrected chi connectivity index (χ3v) is 2.61. The summed E-state index contributed by atoms with van der Waals surface area (Å²) in [5, 5.41) is 8.92. The average molecular weight is 231 g/mol. The quantitative estimate of drug-likeness (QED) is 0.863. The maximum atomic E-state index is 10.9. The molecule has 88 valence electrons. The van der Waals surface area contributed by atoms with Crippen molar-refractivity contribution < 1.29 is 14.3 Å². The number of hydrogen-bond acceptors (Lipinski definition) is 3. The van der Waals surface area contributed by atoms with Gasteiger partial charge in [0.05, 0.1) is 5.69 Å². The van der Waals surface area contributed by atoms with Crippen molar-refractivity contribution >= 4 is 5.97 Å². The number of carboxylic acids is 1. The van der Waals surface area contributed by atoms with Gasteiger partial charge in [0.1, 0.15) is 0 Å². The van der Waals surface area contributed by atoms with Crippen LogP contribution in [0.1, 0.15) is 27.4 Å². The zero-order chi connectivity index (χ0) is 12.6. The summed E-state index contributed by atoms with van der Waals surface area (Å²) in [5.74, 6) is -0.825. The highest BCUT2D eigenvalue weighted by atomic mass is 16.4. The Kier molecular flexibility index (Phi) is 2.71. The number of carboxylic acid groups (broad SMARTS) is 1. The molecule has 1 N–H and O–H groups in total. The zero-order valence-electron chi connectivity index (χ0n) is 9.94. The minimum Gasteiger partial charge on any atom is -0.475 e.